The molecule has 0 aromatic heterocycles. The van der Waals surface area contributed by atoms with Gasteiger partial charge in [-0.1, -0.05) is 118 Å². The van der Waals surface area contributed by atoms with Crippen LogP contribution in [0.4, 0.5) is 0 Å². The monoisotopic (exact) mass is 484 g/mol. The van der Waals surface area contributed by atoms with Gasteiger partial charge in [-0.25, -0.2) is 0 Å². The van der Waals surface area contributed by atoms with Crippen LogP contribution < -0.4 is 0 Å². The highest BCUT2D eigenvalue weighted by molar-refractivity contribution is 5.68. The predicted octanol–water partition coefficient (Wildman–Crippen LogP) is 8.68. The molecule has 0 radical (unpaired) electrons. The molecule has 3 nitrogen and oxygen atoms in total. The summed E-state index contributed by atoms with van der Waals surface area (Å²) >= 11 is 0. The van der Waals surface area contributed by atoms with Crippen LogP contribution in [-0.2, 0) is 17.6 Å². The van der Waals surface area contributed by atoms with Crippen molar-refractivity contribution in [3.63, 3.8) is 0 Å². The highest BCUT2D eigenvalue weighted by atomic mass is 16.4. The van der Waals surface area contributed by atoms with Crippen molar-refractivity contribution in [2.24, 2.45) is 5.92 Å². The van der Waals surface area contributed by atoms with Gasteiger partial charge in [0.2, 0.25) is 0 Å². The maximum absolute atomic E-state index is 11.2. The zero-order valence-corrected chi connectivity index (χ0v) is 21.7. The first-order chi connectivity index (χ1) is 17.4. The number of hydrogen-bond acceptors (Lipinski definition) is 2. The SMILES string of the molecule is C=C(O)c1cccc(CC(/C=C/c2ccccc2C)CC(=O)O)c1.CCCCCCc1ccccc1. The molecule has 36 heavy (non-hydrogen) atoms. The minimum atomic E-state index is -0.822. The highest BCUT2D eigenvalue weighted by Gasteiger charge is 2.12. The molecule has 0 saturated carbocycles. The van der Waals surface area contributed by atoms with Crippen LogP contribution in [0, 0.1) is 12.8 Å². The van der Waals surface area contributed by atoms with Crippen molar-refractivity contribution in [1.82, 2.24) is 0 Å². The number of aliphatic hydroxyl groups excluding tert-OH is 1. The molecule has 0 aliphatic carbocycles. The number of aryl methyl sites for hydroxylation is 2. The van der Waals surface area contributed by atoms with Gasteiger partial charge in [-0.05, 0) is 60.4 Å². The Morgan fingerprint density at radius 3 is 2.25 bits per heavy atom. The normalized spacial score (nSPS) is 11.5. The first kappa shape index (κ1) is 28.6. The Bertz CT molecular complexity index is 1100. The van der Waals surface area contributed by atoms with E-state index in [9.17, 15) is 9.90 Å². The minimum Gasteiger partial charge on any atom is -0.508 e. The lowest BCUT2D eigenvalue weighted by Crippen LogP contribution is -2.08. The summed E-state index contributed by atoms with van der Waals surface area (Å²) in [6.45, 7) is 7.81. The summed E-state index contributed by atoms with van der Waals surface area (Å²) in [5.41, 5.74) is 5.35. The number of carbonyl (C=O) groups is 1. The number of benzene rings is 3. The van der Waals surface area contributed by atoms with E-state index in [4.69, 9.17) is 5.11 Å². The van der Waals surface area contributed by atoms with Crippen molar-refractivity contribution in [1.29, 1.82) is 0 Å². The van der Waals surface area contributed by atoms with Gasteiger partial charge in [0.05, 0.1) is 6.42 Å². The summed E-state index contributed by atoms with van der Waals surface area (Å²) in [7, 11) is 0. The van der Waals surface area contributed by atoms with Gasteiger partial charge in [-0.15, -0.1) is 0 Å². The standard InChI is InChI=1S/C21H22O3.C12H18/c1-15-6-3-4-8-19(15)11-10-18(14-21(23)24)12-17-7-5-9-20(13-17)16(2)22;1-2-3-4-6-9-12-10-7-5-8-11-12/h3-11,13,18,22H,2,12,14H2,1H3,(H,23,24);5,7-8,10-11H,2-4,6,9H2,1H3/b11-10+;. The van der Waals surface area contributed by atoms with Gasteiger partial charge in [-0.2, -0.15) is 0 Å². The molecule has 3 heteroatoms. The van der Waals surface area contributed by atoms with E-state index in [1.54, 1.807) is 6.07 Å². The second-order valence-corrected chi connectivity index (χ2v) is 9.22. The van der Waals surface area contributed by atoms with Crippen LogP contribution in [-0.4, -0.2) is 16.2 Å². The van der Waals surface area contributed by atoms with Crippen molar-refractivity contribution < 1.29 is 15.0 Å². The number of carboxylic acid groups (broad SMARTS) is 1. The zero-order valence-electron chi connectivity index (χ0n) is 21.7. The van der Waals surface area contributed by atoms with Crippen LogP contribution in [0.15, 0.2) is 91.5 Å². The van der Waals surface area contributed by atoms with E-state index in [2.05, 4.69) is 43.8 Å². The number of aliphatic carboxylic acids is 1. The van der Waals surface area contributed by atoms with Gasteiger partial charge in [-0.3, -0.25) is 4.79 Å². The van der Waals surface area contributed by atoms with Crippen LogP contribution in [0.3, 0.4) is 0 Å². The molecular formula is C33H40O3. The van der Waals surface area contributed by atoms with Crippen molar-refractivity contribution in [2.75, 3.05) is 0 Å². The maximum Gasteiger partial charge on any atom is 0.303 e. The van der Waals surface area contributed by atoms with Crippen LogP contribution in [0.1, 0.15) is 66.8 Å². The molecule has 3 rings (SSSR count). The molecule has 0 aliphatic heterocycles. The lowest BCUT2D eigenvalue weighted by Gasteiger charge is -2.12. The third kappa shape index (κ3) is 11.2. The Hall–Kier alpha value is -3.59. The Labute approximate surface area is 216 Å². The number of unbranched alkanes of at least 4 members (excludes halogenated alkanes) is 3. The Kier molecular flexibility index (Phi) is 12.9. The Morgan fingerprint density at radius 2 is 1.58 bits per heavy atom. The fourth-order valence-electron chi connectivity index (χ4n) is 4.03. The molecule has 0 amide bonds. The summed E-state index contributed by atoms with van der Waals surface area (Å²) < 4.78 is 0. The van der Waals surface area contributed by atoms with Crippen molar-refractivity contribution in [2.45, 2.75) is 58.8 Å². The van der Waals surface area contributed by atoms with E-state index in [1.165, 1.54) is 37.7 Å². The Morgan fingerprint density at radius 1 is 0.889 bits per heavy atom. The lowest BCUT2D eigenvalue weighted by atomic mass is 9.93. The molecule has 2 N–H and O–H groups in total. The van der Waals surface area contributed by atoms with Gasteiger partial charge < -0.3 is 10.2 Å². The lowest BCUT2D eigenvalue weighted by molar-refractivity contribution is -0.137. The van der Waals surface area contributed by atoms with Gasteiger partial charge in [0.25, 0.3) is 0 Å². The zero-order chi connectivity index (χ0) is 26.2. The molecular weight excluding hydrogens is 444 g/mol. The predicted molar refractivity (Wildman–Crippen MR) is 152 cm³/mol. The molecule has 0 saturated heterocycles. The maximum atomic E-state index is 11.2. The van der Waals surface area contributed by atoms with Gasteiger partial charge in [0.1, 0.15) is 5.76 Å². The largest absolute Gasteiger partial charge is 0.508 e. The van der Waals surface area contributed by atoms with Crippen LogP contribution >= 0.6 is 0 Å². The van der Waals surface area contributed by atoms with E-state index < -0.39 is 5.97 Å². The molecule has 0 heterocycles. The van der Waals surface area contributed by atoms with Gasteiger partial charge in [0, 0.05) is 5.56 Å². The Balaban J connectivity index is 0.000000319. The third-order valence-electron chi connectivity index (χ3n) is 6.09. The molecule has 1 atom stereocenters. The van der Waals surface area contributed by atoms with Gasteiger partial charge >= 0.3 is 5.97 Å². The van der Waals surface area contributed by atoms with Crippen LogP contribution in [0.2, 0.25) is 0 Å². The summed E-state index contributed by atoms with van der Waals surface area (Å²) in [5, 5.41) is 18.7. The van der Waals surface area contributed by atoms with Crippen molar-refractivity contribution in [3.05, 3.63) is 119 Å². The van der Waals surface area contributed by atoms with E-state index in [-0.39, 0.29) is 18.1 Å². The number of rotatable bonds is 12. The quantitative estimate of drug-likeness (QED) is 0.200. The number of hydrogen-bond donors (Lipinski definition) is 2. The van der Waals surface area contributed by atoms with E-state index in [0.717, 1.165) is 16.7 Å². The molecule has 1 unspecified atom stereocenters. The molecule has 3 aromatic carbocycles. The fourth-order valence-corrected chi connectivity index (χ4v) is 4.03. The molecule has 0 bridgehead atoms. The van der Waals surface area contributed by atoms with Gasteiger partial charge in [0.15, 0.2) is 0 Å². The number of carboxylic acids is 1. The van der Waals surface area contributed by atoms with Crippen molar-refractivity contribution >= 4 is 17.8 Å². The summed E-state index contributed by atoms with van der Waals surface area (Å²) in [4.78, 5) is 11.2. The number of allylic oxidation sites excluding steroid dienone is 1. The second kappa shape index (κ2) is 16.1. The summed E-state index contributed by atoms with van der Waals surface area (Å²) in [6.07, 6.45) is 11.3. The first-order valence-corrected chi connectivity index (χ1v) is 12.9. The first-order valence-electron chi connectivity index (χ1n) is 12.9. The van der Waals surface area contributed by atoms with E-state index in [0.29, 0.717) is 12.0 Å². The molecule has 0 spiro atoms. The average molecular weight is 485 g/mol. The molecule has 190 valence electrons. The number of aliphatic hydroxyl groups is 1. The summed E-state index contributed by atoms with van der Waals surface area (Å²) in [6, 6.07) is 26.1. The second-order valence-electron chi connectivity index (χ2n) is 9.22. The van der Waals surface area contributed by atoms with Crippen LogP contribution in [0.5, 0.6) is 0 Å². The molecule has 0 fully saturated rings. The molecule has 3 aromatic rings. The molecule has 0 aliphatic rings. The smallest absolute Gasteiger partial charge is 0.303 e. The van der Waals surface area contributed by atoms with Crippen LogP contribution in [0.25, 0.3) is 11.8 Å². The average Bonchev–Trinajstić information content (AvgIpc) is 2.87. The summed E-state index contributed by atoms with van der Waals surface area (Å²) in [5.74, 6) is -0.927. The highest BCUT2D eigenvalue weighted by Crippen LogP contribution is 2.20. The van der Waals surface area contributed by atoms with E-state index in [1.807, 2.05) is 61.5 Å². The topological polar surface area (TPSA) is 57.5 Å². The van der Waals surface area contributed by atoms with Crippen molar-refractivity contribution in [3.8, 4) is 0 Å². The van der Waals surface area contributed by atoms with E-state index >= 15 is 0 Å². The minimum absolute atomic E-state index is 0.0158. The fraction of sp³-hybridized carbons (Fsp3) is 0.303. The third-order valence-corrected chi connectivity index (χ3v) is 6.09.